The number of sulfonamides is 1. The number of halogens is 4. The number of aromatic nitrogens is 1. The van der Waals surface area contributed by atoms with Crippen LogP contribution < -0.4 is 9.62 Å². The van der Waals surface area contributed by atoms with E-state index in [1.165, 1.54) is 24.3 Å². The fraction of sp³-hybridized carbons (Fsp3) is 0.520. The number of ketones is 1. The first kappa shape index (κ1) is 28.0. The molecule has 1 aromatic heterocycles. The molecule has 1 aliphatic rings. The molecule has 1 atom stereocenters. The molecular weight excluding hydrogens is 498 g/mol. The minimum atomic E-state index is -4.56. The highest BCUT2D eigenvalue weighted by atomic mass is 32.2. The molecule has 0 bridgehead atoms. The molecule has 2 aromatic rings. The van der Waals surface area contributed by atoms with Crippen molar-refractivity contribution in [1.29, 1.82) is 0 Å². The summed E-state index contributed by atoms with van der Waals surface area (Å²) in [7, 11) is -3.52. The highest BCUT2D eigenvalue weighted by Gasteiger charge is 2.34. The molecule has 1 N–H and O–H groups in total. The van der Waals surface area contributed by atoms with Gasteiger partial charge in [0.25, 0.3) is 0 Å². The Balaban J connectivity index is 1.75. The second-order valence-corrected chi connectivity index (χ2v) is 11.3. The molecule has 1 fully saturated rings. The van der Waals surface area contributed by atoms with Crippen LogP contribution in [0, 0.1) is 11.7 Å². The number of benzene rings is 1. The molecule has 3 rings (SSSR count). The quantitative estimate of drug-likeness (QED) is 0.471. The van der Waals surface area contributed by atoms with E-state index in [2.05, 4.69) is 16.6 Å². The molecule has 0 radical (unpaired) electrons. The van der Waals surface area contributed by atoms with E-state index in [0.717, 1.165) is 25.2 Å². The molecule has 6 nitrogen and oxygen atoms in total. The molecule has 0 amide bonds. The first-order valence-corrected chi connectivity index (χ1v) is 13.7. The number of Topliss-reactive ketones (excluding diaryl/α,β-unsaturated/α-hetero) is 1. The lowest BCUT2D eigenvalue weighted by molar-refractivity contribution is -0.141. The van der Waals surface area contributed by atoms with Crippen molar-refractivity contribution in [2.24, 2.45) is 5.92 Å². The van der Waals surface area contributed by atoms with Gasteiger partial charge in [-0.25, -0.2) is 22.5 Å². The Hall–Kier alpha value is -2.53. The van der Waals surface area contributed by atoms with E-state index in [1.54, 1.807) is 6.92 Å². The Kier molecular flexibility index (Phi) is 8.76. The molecule has 11 heteroatoms. The molecule has 198 valence electrons. The van der Waals surface area contributed by atoms with E-state index in [9.17, 15) is 30.8 Å². The van der Waals surface area contributed by atoms with Crippen molar-refractivity contribution in [1.82, 2.24) is 9.71 Å². The summed E-state index contributed by atoms with van der Waals surface area (Å²) in [6.07, 6.45) is -1.59. The Morgan fingerprint density at radius 1 is 1.17 bits per heavy atom. The number of carbonyl (C=O) groups excluding carboxylic acids is 1. The maximum Gasteiger partial charge on any atom is 0.433 e. The van der Waals surface area contributed by atoms with Crippen molar-refractivity contribution in [2.45, 2.75) is 58.2 Å². The van der Waals surface area contributed by atoms with Crippen LogP contribution in [0.2, 0.25) is 0 Å². The first-order valence-electron chi connectivity index (χ1n) is 11.8. The summed E-state index contributed by atoms with van der Waals surface area (Å²) in [6, 6.07) is 6.46. The van der Waals surface area contributed by atoms with Crippen molar-refractivity contribution in [3.05, 3.63) is 58.5 Å². The van der Waals surface area contributed by atoms with Crippen molar-refractivity contribution in [2.75, 3.05) is 24.2 Å². The van der Waals surface area contributed by atoms with Gasteiger partial charge < -0.3 is 4.90 Å². The molecule has 1 saturated heterocycles. The van der Waals surface area contributed by atoms with Gasteiger partial charge >= 0.3 is 6.18 Å². The average molecular weight is 530 g/mol. The van der Waals surface area contributed by atoms with Crippen molar-refractivity contribution >= 4 is 21.6 Å². The van der Waals surface area contributed by atoms with Gasteiger partial charge in [-0.3, -0.25) is 4.79 Å². The molecular formula is C25H31F4N3O3S. The lowest BCUT2D eigenvalue weighted by Crippen LogP contribution is -2.34. The summed E-state index contributed by atoms with van der Waals surface area (Å²) in [4.78, 5) is 18.8. The Bertz CT molecular complexity index is 1190. The van der Waals surface area contributed by atoms with Gasteiger partial charge in [-0.2, -0.15) is 13.2 Å². The lowest BCUT2D eigenvalue weighted by atomic mass is 9.91. The van der Waals surface area contributed by atoms with Crippen molar-refractivity contribution < 1.29 is 30.8 Å². The lowest BCUT2D eigenvalue weighted by Gasteiger charge is -2.33. The highest BCUT2D eigenvalue weighted by Crippen LogP contribution is 2.33. The normalized spacial score (nSPS) is 16.2. The fourth-order valence-corrected chi connectivity index (χ4v) is 4.61. The molecule has 2 heterocycles. The van der Waals surface area contributed by atoms with Gasteiger partial charge in [0, 0.05) is 37.5 Å². The van der Waals surface area contributed by atoms with Crippen LogP contribution in [0.5, 0.6) is 0 Å². The van der Waals surface area contributed by atoms with Crippen LogP contribution in [0.4, 0.5) is 23.4 Å². The van der Waals surface area contributed by atoms with E-state index in [0.29, 0.717) is 30.1 Å². The van der Waals surface area contributed by atoms with E-state index >= 15 is 0 Å². The van der Waals surface area contributed by atoms with Crippen LogP contribution in [0.1, 0.15) is 61.4 Å². The topological polar surface area (TPSA) is 79.4 Å². The number of hydrogen-bond acceptors (Lipinski definition) is 5. The number of pyridine rings is 1. The van der Waals surface area contributed by atoms with Gasteiger partial charge in [-0.15, -0.1) is 0 Å². The number of aryl methyl sites for hydroxylation is 1. The van der Waals surface area contributed by atoms with E-state index in [-0.39, 0.29) is 36.6 Å². The van der Waals surface area contributed by atoms with E-state index in [1.807, 2.05) is 4.90 Å². The van der Waals surface area contributed by atoms with Crippen LogP contribution >= 0.6 is 0 Å². The molecule has 1 unspecified atom stereocenters. The Morgan fingerprint density at radius 3 is 2.44 bits per heavy atom. The van der Waals surface area contributed by atoms with Crippen LogP contribution in [0.15, 0.2) is 30.3 Å². The summed E-state index contributed by atoms with van der Waals surface area (Å²) in [6.45, 7) is 4.74. The zero-order valence-electron chi connectivity index (χ0n) is 20.5. The van der Waals surface area contributed by atoms with E-state index < -0.39 is 33.6 Å². The van der Waals surface area contributed by atoms with Crippen LogP contribution in [-0.2, 0) is 34.0 Å². The molecule has 0 saturated carbocycles. The number of alkyl halides is 3. The largest absolute Gasteiger partial charge is 0.433 e. The fourth-order valence-electron chi connectivity index (χ4n) is 4.19. The van der Waals surface area contributed by atoms with Crippen molar-refractivity contribution in [3.8, 4) is 0 Å². The number of piperidine rings is 1. The molecule has 0 spiro atoms. The number of nitrogens with one attached hydrogen (secondary N) is 1. The smallest absolute Gasteiger partial charge is 0.356 e. The second-order valence-electron chi connectivity index (χ2n) is 9.48. The summed E-state index contributed by atoms with van der Waals surface area (Å²) in [5.74, 6) is -0.601. The summed E-state index contributed by atoms with van der Waals surface area (Å²) in [5.41, 5.74) is 0.268. The third kappa shape index (κ3) is 7.49. The minimum absolute atomic E-state index is 0.0692. The first-order chi connectivity index (χ1) is 16.7. The third-order valence-electron chi connectivity index (χ3n) is 6.55. The summed E-state index contributed by atoms with van der Waals surface area (Å²) < 4.78 is 79.0. The van der Waals surface area contributed by atoms with Crippen LogP contribution in [0.25, 0.3) is 0 Å². The Morgan fingerprint density at radius 2 is 1.83 bits per heavy atom. The maximum atomic E-state index is 14.1. The van der Waals surface area contributed by atoms with Gasteiger partial charge in [0.05, 0.1) is 6.26 Å². The number of carbonyl (C=O) groups is 1. The van der Waals surface area contributed by atoms with E-state index in [4.69, 9.17) is 0 Å². The standard InChI is InChI=1S/C25H31F4N3O3S/c1-16-10-12-32(13-11-16)24-18(6-9-23(31-24)25(27,28)29)5-8-22(33)17(2)19-4-7-21(26)20(14-19)15-30-36(3,34)35/h4,6-7,9,14,16-17,30H,5,8,10-13,15H2,1-3H3. The van der Waals surface area contributed by atoms with Gasteiger partial charge in [-0.1, -0.05) is 32.0 Å². The number of rotatable bonds is 9. The maximum absolute atomic E-state index is 14.1. The predicted molar refractivity (Wildman–Crippen MR) is 130 cm³/mol. The second kappa shape index (κ2) is 11.2. The molecule has 0 aliphatic carbocycles. The van der Waals surface area contributed by atoms with Gasteiger partial charge in [0.1, 0.15) is 23.1 Å². The van der Waals surface area contributed by atoms with Gasteiger partial charge in [0.15, 0.2) is 0 Å². The van der Waals surface area contributed by atoms with Gasteiger partial charge in [0.2, 0.25) is 10.0 Å². The number of nitrogens with zero attached hydrogens (tertiary/aromatic N) is 2. The highest BCUT2D eigenvalue weighted by molar-refractivity contribution is 7.88. The number of anilines is 1. The van der Waals surface area contributed by atoms with Crippen LogP contribution in [-0.4, -0.2) is 38.5 Å². The average Bonchev–Trinajstić information content (AvgIpc) is 2.81. The third-order valence-corrected chi connectivity index (χ3v) is 7.22. The monoisotopic (exact) mass is 529 g/mol. The SMILES string of the molecule is CC1CCN(c2nc(C(F)(F)F)ccc2CCC(=O)C(C)c2ccc(F)c(CNS(C)(=O)=O)c2)CC1. The predicted octanol–water partition coefficient (Wildman–Crippen LogP) is 4.83. The van der Waals surface area contributed by atoms with Gasteiger partial charge in [-0.05, 0) is 48.4 Å². The zero-order valence-corrected chi connectivity index (χ0v) is 21.3. The molecule has 1 aliphatic heterocycles. The molecule has 1 aromatic carbocycles. The Labute approximate surface area is 209 Å². The molecule has 36 heavy (non-hydrogen) atoms. The summed E-state index contributed by atoms with van der Waals surface area (Å²) in [5, 5.41) is 0. The number of hydrogen-bond donors (Lipinski definition) is 1. The van der Waals surface area contributed by atoms with Crippen molar-refractivity contribution in [3.63, 3.8) is 0 Å². The summed E-state index contributed by atoms with van der Waals surface area (Å²) >= 11 is 0. The zero-order chi connectivity index (χ0) is 26.7. The van der Waals surface area contributed by atoms with Crippen LogP contribution in [0.3, 0.4) is 0 Å². The minimum Gasteiger partial charge on any atom is -0.356 e.